The number of rotatable bonds is 4. The Hall–Kier alpha value is -1.54. The number of thiophene rings is 1. The number of aryl methyl sites for hydroxylation is 2. The summed E-state index contributed by atoms with van der Waals surface area (Å²) in [5.74, 6) is 5.60. The van der Waals surface area contributed by atoms with Gasteiger partial charge in [0.2, 0.25) is 5.16 Å². The minimum atomic E-state index is -0.897. The zero-order valence-corrected chi connectivity index (χ0v) is 12.3. The maximum atomic E-state index is 10.6. The number of aromatic nitrogens is 3. The molecule has 3 rings (SSSR count). The highest BCUT2D eigenvalue weighted by Crippen LogP contribution is 2.35. The monoisotopic (exact) mass is 310 g/mol. The molecule has 1 aliphatic carbocycles. The number of carboxylic acids is 1. The molecule has 0 radical (unpaired) electrons. The number of carbonyl (C=O) groups is 1. The fraction of sp³-hybridized carbons (Fsp3) is 0.417. The molecule has 0 atom stereocenters. The van der Waals surface area contributed by atoms with E-state index in [2.05, 4.69) is 16.3 Å². The Bertz CT molecular complexity index is 626. The molecule has 2 aromatic rings. The predicted octanol–water partition coefficient (Wildman–Crippen LogP) is 1.78. The lowest BCUT2D eigenvalue weighted by Crippen LogP contribution is -2.12. The van der Waals surface area contributed by atoms with Gasteiger partial charge in [0.25, 0.3) is 0 Å². The van der Waals surface area contributed by atoms with E-state index in [4.69, 9.17) is 10.9 Å². The fourth-order valence-corrected chi connectivity index (χ4v) is 4.08. The molecule has 0 bridgehead atoms. The predicted molar refractivity (Wildman–Crippen MR) is 78.5 cm³/mol. The van der Waals surface area contributed by atoms with Gasteiger partial charge in [-0.05, 0) is 37.3 Å². The number of nitrogen functional groups attached to an aromatic ring is 1. The molecule has 0 amide bonds. The summed E-state index contributed by atoms with van der Waals surface area (Å²) in [5, 5.41) is 17.2. The second-order valence-electron chi connectivity index (χ2n) is 4.62. The van der Waals surface area contributed by atoms with Gasteiger partial charge in [0.05, 0.1) is 10.6 Å². The normalized spacial score (nSPS) is 14.2. The molecule has 6 nitrogen and oxygen atoms in total. The van der Waals surface area contributed by atoms with Gasteiger partial charge in [0.1, 0.15) is 0 Å². The van der Waals surface area contributed by atoms with Crippen LogP contribution in [-0.2, 0) is 17.6 Å². The van der Waals surface area contributed by atoms with E-state index in [0.717, 1.165) is 29.5 Å². The maximum Gasteiger partial charge on any atom is 0.313 e. The van der Waals surface area contributed by atoms with E-state index < -0.39 is 5.97 Å². The lowest BCUT2D eigenvalue weighted by molar-refractivity contribution is -0.133. The number of carboxylic acid groups (broad SMARTS) is 1. The first kappa shape index (κ1) is 13.4. The van der Waals surface area contributed by atoms with E-state index in [1.165, 1.54) is 28.0 Å². The van der Waals surface area contributed by atoms with Crippen LogP contribution in [0.15, 0.2) is 11.2 Å². The van der Waals surface area contributed by atoms with Crippen LogP contribution in [0.5, 0.6) is 0 Å². The van der Waals surface area contributed by atoms with Crippen LogP contribution < -0.4 is 5.84 Å². The van der Waals surface area contributed by atoms with E-state index in [9.17, 15) is 4.79 Å². The molecular formula is C12H14N4O2S2. The van der Waals surface area contributed by atoms with Gasteiger partial charge < -0.3 is 10.9 Å². The summed E-state index contributed by atoms with van der Waals surface area (Å²) in [6.07, 6.45) is 4.71. The van der Waals surface area contributed by atoms with Crippen LogP contribution in [0.2, 0.25) is 0 Å². The molecular weight excluding hydrogens is 296 g/mol. The molecule has 0 aliphatic heterocycles. The van der Waals surface area contributed by atoms with Crippen molar-refractivity contribution in [3.8, 4) is 10.7 Å². The zero-order chi connectivity index (χ0) is 14.1. The Balaban J connectivity index is 1.87. The molecule has 0 spiro atoms. The summed E-state index contributed by atoms with van der Waals surface area (Å²) in [6.45, 7) is 0. The minimum Gasteiger partial charge on any atom is -0.481 e. The van der Waals surface area contributed by atoms with Gasteiger partial charge >= 0.3 is 5.97 Å². The van der Waals surface area contributed by atoms with Gasteiger partial charge in [-0.15, -0.1) is 21.5 Å². The highest BCUT2D eigenvalue weighted by Gasteiger charge is 2.19. The van der Waals surface area contributed by atoms with E-state index >= 15 is 0 Å². The average Bonchev–Trinajstić information content (AvgIpc) is 2.99. The minimum absolute atomic E-state index is 0.0731. The second kappa shape index (κ2) is 5.45. The van der Waals surface area contributed by atoms with Crippen molar-refractivity contribution in [2.24, 2.45) is 0 Å². The molecule has 0 saturated carbocycles. The first-order chi connectivity index (χ1) is 9.65. The third-order valence-electron chi connectivity index (χ3n) is 3.21. The Kier molecular flexibility index (Phi) is 3.66. The molecule has 0 aromatic carbocycles. The first-order valence-corrected chi connectivity index (χ1v) is 8.12. The third kappa shape index (κ3) is 2.53. The number of nitrogens with two attached hydrogens (primary N) is 1. The van der Waals surface area contributed by atoms with E-state index in [-0.39, 0.29) is 5.75 Å². The topological polar surface area (TPSA) is 94.0 Å². The first-order valence-electron chi connectivity index (χ1n) is 6.32. The van der Waals surface area contributed by atoms with Gasteiger partial charge in [-0.3, -0.25) is 4.79 Å². The summed E-state index contributed by atoms with van der Waals surface area (Å²) < 4.78 is 1.38. The van der Waals surface area contributed by atoms with E-state index in [1.807, 2.05) is 0 Å². The van der Waals surface area contributed by atoms with Crippen molar-refractivity contribution in [1.29, 1.82) is 0 Å². The number of thioether (sulfide) groups is 1. The standard InChI is InChI=1S/C12H14N4O2S2/c13-16-11(14-15-12(16)19-6-10(17)18)9-5-7-3-1-2-4-8(7)20-9/h5H,1-4,6,13H2,(H,17,18). The Morgan fingerprint density at radius 2 is 2.25 bits per heavy atom. The van der Waals surface area contributed by atoms with Gasteiger partial charge in [-0.1, -0.05) is 11.8 Å². The zero-order valence-electron chi connectivity index (χ0n) is 10.7. The summed E-state index contributed by atoms with van der Waals surface area (Å²) in [7, 11) is 0. The van der Waals surface area contributed by atoms with Crippen LogP contribution in [0.1, 0.15) is 23.3 Å². The lowest BCUT2D eigenvalue weighted by Gasteiger charge is -2.08. The van der Waals surface area contributed by atoms with Crippen molar-refractivity contribution < 1.29 is 9.90 Å². The summed E-state index contributed by atoms with van der Waals surface area (Å²) >= 11 is 2.79. The molecule has 0 unspecified atom stereocenters. The van der Waals surface area contributed by atoms with Crippen molar-refractivity contribution >= 4 is 29.1 Å². The highest BCUT2D eigenvalue weighted by atomic mass is 32.2. The Labute approximate surface area is 124 Å². The number of hydrogen-bond donors (Lipinski definition) is 2. The van der Waals surface area contributed by atoms with Crippen LogP contribution in [-0.4, -0.2) is 31.7 Å². The van der Waals surface area contributed by atoms with Gasteiger partial charge in [-0.2, -0.15) is 0 Å². The van der Waals surface area contributed by atoms with Gasteiger partial charge in [-0.25, -0.2) is 4.68 Å². The molecule has 0 saturated heterocycles. The quantitative estimate of drug-likeness (QED) is 0.660. The van der Waals surface area contributed by atoms with Crippen molar-refractivity contribution in [3.05, 3.63) is 16.5 Å². The van der Waals surface area contributed by atoms with Crippen LogP contribution in [0.25, 0.3) is 10.7 Å². The Morgan fingerprint density at radius 3 is 3.00 bits per heavy atom. The lowest BCUT2D eigenvalue weighted by atomic mass is 9.99. The smallest absolute Gasteiger partial charge is 0.313 e. The van der Waals surface area contributed by atoms with Crippen LogP contribution >= 0.6 is 23.1 Å². The van der Waals surface area contributed by atoms with E-state index in [0.29, 0.717) is 11.0 Å². The molecule has 8 heteroatoms. The Morgan fingerprint density at radius 1 is 1.45 bits per heavy atom. The molecule has 2 aromatic heterocycles. The number of aliphatic carboxylic acids is 1. The van der Waals surface area contributed by atoms with Crippen LogP contribution in [0.4, 0.5) is 0 Å². The SMILES string of the molecule is Nn1c(SCC(=O)O)nnc1-c1cc2c(s1)CCCC2. The highest BCUT2D eigenvalue weighted by molar-refractivity contribution is 7.99. The van der Waals surface area contributed by atoms with E-state index in [1.54, 1.807) is 11.3 Å². The molecule has 0 fully saturated rings. The van der Waals surface area contributed by atoms with Gasteiger partial charge in [0.15, 0.2) is 5.82 Å². The van der Waals surface area contributed by atoms with Crippen LogP contribution in [0, 0.1) is 0 Å². The van der Waals surface area contributed by atoms with Crippen LogP contribution in [0.3, 0.4) is 0 Å². The second-order valence-corrected chi connectivity index (χ2v) is 6.70. The molecule has 3 N–H and O–H groups in total. The number of fused-ring (bicyclic) bond motifs is 1. The molecule has 2 heterocycles. The maximum absolute atomic E-state index is 10.6. The summed E-state index contributed by atoms with van der Waals surface area (Å²) in [6, 6.07) is 2.14. The number of hydrogen-bond acceptors (Lipinski definition) is 6. The fourth-order valence-electron chi connectivity index (χ4n) is 2.27. The van der Waals surface area contributed by atoms with Crippen molar-refractivity contribution in [1.82, 2.24) is 14.9 Å². The van der Waals surface area contributed by atoms with Crippen molar-refractivity contribution in [2.75, 3.05) is 11.6 Å². The van der Waals surface area contributed by atoms with Crippen molar-refractivity contribution in [3.63, 3.8) is 0 Å². The molecule has 106 valence electrons. The largest absolute Gasteiger partial charge is 0.481 e. The average molecular weight is 310 g/mol. The van der Waals surface area contributed by atoms with Gasteiger partial charge in [0, 0.05) is 4.88 Å². The molecule has 20 heavy (non-hydrogen) atoms. The summed E-state index contributed by atoms with van der Waals surface area (Å²) in [4.78, 5) is 13.0. The number of nitrogens with zero attached hydrogens (tertiary/aromatic N) is 3. The molecule has 1 aliphatic rings. The summed E-state index contributed by atoms with van der Waals surface area (Å²) in [5.41, 5.74) is 1.39. The van der Waals surface area contributed by atoms with Crippen molar-refractivity contribution in [2.45, 2.75) is 30.8 Å². The third-order valence-corrected chi connectivity index (χ3v) is 5.37.